The van der Waals surface area contributed by atoms with Gasteiger partial charge in [-0.1, -0.05) is 0 Å². The third-order valence-electron chi connectivity index (χ3n) is 4.53. The first-order chi connectivity index (χ1) is 9.26. The van der Waals surface area contributed by atoms with Gasteiger partial charge in [0.2, 0.25) is 0 Å². The molecule has 1 aromatic heterocycles. The van der Waals surface area contributed by atoms with Crippen molar-refractivity contribution in [3.63, 3.8) is 0 Å². The highest BCUT2D eigenvalue weighted by Crippen LogP contribution is 2.37. The first kappa shape index (κ1) is 14.7. The summed E-state index contributed by atoms with van der Waals surface area (Å²) < 4.78 is 1.46. The highest BCUT2D eigenvalue weighted by Gasteiger charge is 2.27. The van der Waals surface area contributed by atoms with Crippen LogP contribution in [0.1, 0.15) is 55.0 Å². The fourth-order valence-electron chi connectivity index (χ4n) is 3.44. The van der Waals surface area contributed by atoms with E-state index in [1.54, 1.807) is 10.4 Å². The second kappa shape index (κ2) is 6.67. The van der Waals surface area contributed by atoms with Crippen molar-refractivity contribution in [1.29, 1.82) is 0 Å². The number of fused-ring (bicyclic) bond motifs is 1. The van der Waals surface area contributed by atoms with Crippen LogP contribution in [0.3, 0.4) is 0 Å². The topological polar surface area (TPSA) is 12.0 Å². The largest absolute Gasteiger partial charge is 0.307 e. The van der Waals surface area contributed by atoms with Gasteiger partial charge in [0.05, 0.1) is 2.88 Å². The fraction of sp³-hybridized carbons (Fsp3) is 0.733. The van der Waals surface area contributed by atoms with Crippen LogP contribution in [0.25, 0.3) is 0 Å². The molecule has 3 rings (SSSR count). The zero-order valence-corrected chi connectivity index (χ0v) is 15.2. The lowest BCUT2D eigenvalue weighted by Gasteiger charge is -2.33. The van der Waals surface area contributed by atoms with Crippen molar-refractivity contribution >= 4 is 45.7 Å². The van der Waals surface area contributed by atoms with E-state index in [1.165, 1.54) is 47.8 Å². The van der Waals surface area contributed by atoms with Crippen LogP contribution in [0, 0.1) is 2.88 Å². The van der Waals surface area contributed by atoms with E-state index in [0.717, 1.165) is 11.3 Å². The van der Waals surface area contributed by atoms with E-state index in [1.807, 2.05) is 11.3 Å². The predicted molar refractivity (Wildman–Crippen MR) is 95.4 cm³/mol. The summed E-state index contributed by atoms with van der Waals surface area (Å²) >= 11 is 6.54. The van der Waals surface area contributed by atoms with E-state index in [0.29, 0.717) is 6.04 Å². The van der Waals surface area contributed by atoms with Gasteiger partial charge in [0.1, 0.15) is 0 Å². The molecular weight excluding hydrogens is 385 g/mol. The molecule has 0 bridgehead atoms. The number of hydrogen-bond donors (Lipinski definition) is 1. The summed E-state index contributed by atoms with van der Waals surface area (Å²) in [5, 5.41) is 4.88. The van der Waals surface area contributed by atoms with Gasteiger partial charge in [0.25, 0.3) is 0 Å². The quantitative estimate of drug-likeness (QED) is 0.709. The molecule has 0 amide bonds. The second-order valence-corrected chi connectivity index (χ2v) is 9.92. The number of hydrogen-bond acceptors (Lipinski definition) is 3. The number of aryl methyl sites for hydroxylation is 1. The lowest BCUT2D eigenvalue weighted by molar-refractivity contribution is 0.326. The van der Waals surface area contributed by atoms with Gasteiger partial charge in [-0.05, 0) is 85.4 Å². The lowest BCUT2D eigenvalue weighted by Crippen LogP contribution is -2.37. The average molecular weight is 407 g/mol. The minimum absolute atomic E-state index is 0.638. The Hall–Kier alpha value is 0.740. The maximum atomic E-state index is 3.97. The van der Waals surface area contributed by atoms with Crippen LogP contribution in [0.4, 0.5) is 0 Å². The van der Waals surface area contributed by atoms with Crippen LogP contribution < -0.4 is 5.32 Å². The van der Waals surface area contributed by atoms with Crippen molar-refractivity contribution in [2.24, 2.45) is 0 Å². The molecule has 0 spiro atoms. The van der Waals surface area contributed by atoms with Crippen LogP contribution in [0.5, 0.6) is 0 Å². The molecule has 1 N–H and O–H groups in total. The molecule has 0 radical (unpaired) electrons. The monoisotopic (exact) mass is 407 g/mol. The van der Waals surface area contributed by atoms with Gasteiger partial charge >= 0.3 is 0 Å². The van der Waals surface area contributed by atoms with E-state index in [-0.39, 0.29) is 0 Å². The Morgan fingerprint density at radius 3 is 2.79 bits per heavy atom. The van der Waals surface area contributed by atoms with Crippen molar-refractivity contribution in [2.45, 2.75) is 62.3 Å². The summed E-state index contributed by atoms with van der Waals surface area (Å²) in [5.41, 5.74) is 1.62. The molecule has 1 saturated carbocycles. The molecule has 2 aliphatic carbocycles. The summed E-state index contributed by atoms with van der Waals surface area (Å²) in [6, 6.07) is 3.82. The Bertz CT molecular complexity index is 424. The predicted octanol–water partition coefficient (Wildman–Crippen LogP) is 4.99. The summed E-state index contributed by atoms with van der Waals surface area (Å²) in [5.74, 6) is 0. The molecule has 0 saturated heterocycles. The minimum atomic E-state index is 0.638. The van der Waals surface area contributed by atoms with E-state index in [2.05, 4.69) is 52.0 Å². The molecule has 0 aromatic carbocycles. The molecule has 1 unspecified atom stereocenters. The molecule has 1 nitrogen and oxygen atoms in total. The molecule has 19 heavy (non-hydrogen) atoms. The van der Waals surface area contributed by atoms with Crippen molar-refractivity contribution in [2.75, 3.05) is 6.26 Å². The maximum absolute atomic E-state index is 3.97. The maximum Gasteiger partial charge on any atom is 0.0659 e. The van der Waals surface area contributed by atoms with E-state index in [4.69, 9.17) is 0 Å². The Morgan fingerprint density at radius 2 is 2.05 bits per heavy atom. The molecule has 106 valence electrons. The Morgan fingerprint density at radius 1 is 1.26 bits per heavy atom. The Balaban J connectivity index is 1.62. The molecule has 0 aliphatic heterocycles. The van der Waals surface area contributed by atoms with Crippen molar-refractivity contribution < 1.29 is 0 Å². The minimum Gasteiger partial charge on any atom is -0.307 e. The molecule has 1 atom stereocenters. The summed E-state index contributed by atoms with van der Waals surface area (Å²) in [6.45, 7) is 0. The fourth-order valence-corrected chi connectivity index (χ4v) is 6.31. The number of thiophene rings is 1. The zero-order valence-electron chi connectivity index (χ0n) is 11.5. The van der Waals surface area contributed by atoms with Gasteiger partial charge in [-0.2, -0.15) is 11.8 Å². The molecule has 1 fully saturated rings. The van der Waals surface area contributed by atoms with E-state index < -0.39 is 0 Å². The third-order valence-corrected chi connectivity index (χ3v) is 7.64. The average Bonchev–Trinajstić information content (AvgIpc) is 2.81. The molecule has 1 aromatic rings. The summed E-state index contributed by atoms with van der Waals surface area (Å²) in [7, 11) is 0. The summed E-state index contributed by atoms with van der Waals surface area (Å²) in [4.78, 5) is 1.64. The SMILES string of the molecule is CSC1CCC(NC2CCCc3sc(I)cc32)CC1. The Kier molecular flexibility index (Phi) is 5.15. The molecule has 2 aliphatic rings. The van der Waals surface area contributed by atoms with E-state index >= 15 is 0 Å². The number of rotatable bonds is 3. The smallest absolute Gasteiger partial charge is 0.0659 e. The van der Waals surface area contributed by atoms with Crippen LogP contribution >= 0.6 is 45.7 Å². The second-order valence-electron chi connectivity index (χ2n) is 5.75. The molecule has 1 heterocycles. The van der Waals surface area contributed by atoms with Crippen molar-refractivity contribution in [3.8, 4) is 0 Å². The van der Waals surface area contributed by atoms with Gasteiger partial charge in [-0.15, -0.1) is 11.3 Å². The number of halogens is 1. The molecule has 4 heteroatoms. The first-order valence-electron chi connectivity index (χ1n) is 7.33. The van der Waals surface area contributed by atoms with E-state index in [9.17, 15) is 0 Å². The number of thioether (sulfide) groups is 1. The van der Waals surface area contributed by atoms with Crippen molar-refractivity contribution in [3.05, 3.63) is 19.4 Å². The molecular formula is C15H22INS2. The summed E-state index contributed by atoms with van der Waals surface area (Å²) in [6.07, 6.45) is 11.8. The Labute approximate surface area is 138 Å². The first-order valence-corrected chi connectivity index (χ1v) is 10.5. The van der Waals surface area contributed by atoms with Crippen molar-refractivity contribution in [1.82, 2.24) is 5.32 Å². The zero-order chi connectivity index (χ0) is 13.2. The highest BCUT2D eigenvalue weighted by molar-refractivity contribution is 14.1. The standard InChI is InChI=1S/C15H22INS2/c1-18-11-7-5-10(6-8-11)17-13-3-2-4-14-12(13)9-15(16)19-14/h9-11,13,17H,2-8H2,1H3. The van der Waals surface area contributed by atoms with Gasteiger partial charge in [-0.3, -0.25) is 0 Å². The van der Waals surface area contributed by atoms with Crippen LogP contribution in [-0.4, -0.2) is 17.5 Å². The third kappa shape index (κ3) is 3.50. The van der Waals surface area contributed by atoms with Gasteiger partial charge in [-0.25, -0.2) is 0 Å². The number of nitrogens with one attached hydrogen (secondary N) is 1. The normalized spacial score (nSPS) is 31.2. The van der Waals surface area contributed by atoms with Gasteiger partial charge < -0.3 is 5.32 Å². The van der Waals surface area contributed by atoms with Crippen LogP contribution in [0.2, 0.25) is 0 Å². The highest BCUT2D eigenvalue weighted by atomic mass is 127. The lowest BCUT2D eigenvalue weighted by atomic mass is 9.90. The van der Waals surface area contributed by atoms with Gasteiger partial charge in [0, 0.05) is 22.2 Å². The van der Waals surface area contributed by atoms with Crippen LogP contribution in [0.15, 0.2) is 6.07 Å². The van der Waals surface area contributed by atoms with Gasteiger partial charge in [0.15, 0.2) is 0 Å². The van der Waals surface area contributed by atoms with Crippen LogP contribution in [-0.2, 0) is 6.42 Å².